The average Bonchev–Trinajstić information content (AvgIpc) is 2.49. The van der Waals surface area contributed by atoms with E-state index in [1.165, 1.54) is 50.9 Å². The zero-order valence-electron chi connectivity index (χ0n) is 14.1. The van der Waals surface area contributed by atoms with Crippen molar-refractivity contribution in [1.29, 1.82) is 0 Å². The molecule has 2 nitrogen and oxygen atoms in total. The number of benzene rings is 1. The van der Waals surface area contributed by atoms with E-state index >= 15 is 0 Å². The molecule has 1 heterocycles. The van der Waals surface area contributed by atoms with Crippen molar-refractivity contribution < 1.29 is 0 Å². The molecule has 1 atom stereocenters. The molecule has 1 aliphatic rings. The molecule has 1 fully saturated rings. The second kappa shape index (κ2) is 8.55. The summed E-state index contributed by atoms with van der Waals surface area (Å²) in [6.45, 7) is 11.8. The maximum atomic E-state index is 2.73. The molecule has 2 heteroatoms. The van der Waals surface area contributed by atoms with Crippen LogP contribution in [0.5, 0.6) is 0 Å². The van der Waals surface area contributed by atoms with E-state index in [9.17, 15) is 0 Å². The lowest BCUT2D eigenvalue weighted by molar-refractivity contribution is 0.0871. The number of hydrogen-bond donors (Lipinski definition) is 0. The van der Waals surface area contributed by atoms with E-state index in [0.717, 1.165) is 12.6 Å². The van der Waals surface area contributed by atoms with Crippen LogP contribution in [0, 0.1) is 0 Å². The Bertz CT molecular complexity index is 386. The van der Waals surface area contributed by atoms with Crippen LogP contribution in [-0.2, 0) is 6.54 Å². The first-order chi connectivity index (χ1) is 10.2. The van der Waals surface area contributed by atoms with Gasteiger partial charge in [0, 0.05) is 25.2 Å². The van der Waals surface area contributed by atoms with Crippen LogP contribution >= 0.6 is 0 Å². The Hall–Kier alpha value is -0.860. The topological polar surface area (TPSA) is 6.48 Å². The highest BCUT2D eigenvalue weighted by molar-refractivity contribution is 5.14. The van der Waals surface area contributed by atoms with Gasteiger partial charge >= 0.3 is 0 Å². The van der Waals surface area contributed by atoms with Crippen LogP contribution in [0.25, 0.3) is 0 Å². The molecule has 0 N–H and O–H groups in total. The van der Waals surface area contributed by atoms with Gasteiger partial charge < -0.3 is 0 Å². The van der Waals surface area contributed by atoms with Crippen molar-refractivity contribution >= 4 is 0 Å². The van der Waals surface area contributed by atoms with Gasteiger partial charge in [0.05, 0.1) is 0 Å². The SMILES string of the molecule is CCCN1CCCCC1CN(Cc1ccccc1)C(C)C. The standard InChI is InChI=1S/C19H32N2/c1-4-13-20-14-9-8-12-19(20)16-21(17(2)3)15-18-10-6-5-7-11-18/h5-7,10-11,17,19H,4,8-9,12-16H2,1-3H3. The van der Waals surface area contributed by atoms with E-state index in [2.05, 4.69) is 60.9 Å². The Morgan fingerprint density at radius 1 is 1.19 bits per heavy atom. The smallest absolute Gasteiger partial charge is 0.0237 e. The lowest BCUT2D eigenvalue weighted by Crippen LogP contribution is -2.48. The van der Waals surface area contributed by atoms with E-state index in [0.29, 0.717) is 6.04 Å². The van der Waals surface area contributed by atoms with Crippen molar-refractivity contribution in [2.75, 3.05) is 19.6 Å². The summed E-state index contributed by atoms with van der Waals surface area (Å²) in [6.07, 6.45) is 5.44. The first kappa shape index (κ1) is 16.5. The quantitative estimate of drug-likeness (QED) is 0.743. The number of hydrogen-bond acceptors (Lipinski definition) is 2. The molecule has 21 heavy (non-hydrogen) atoms. The van der Waals surface area contributed by atoms with Gasteiger partial charge in [0.2, 0.25) is 0 Å². The van der Waals surface area contributed by atoms with E-state index in [-0.39, 0.29) is 0 Å². The monoisotopic (exact) mass is 288 g/mol. The largest absolute Gasteiger partial charge is 0.299 e. The highest BCUT2D eigenvalue weighted by atomic mass is 15.2. The minimum absolute atomic E-state index is 0.607. The summed E-state index contributed by atoms with van der Waals surface area (Å²) in [6, 6.07) is 12.3. The third-order valence-electron chi connectivity index (χ3n) is 4.66. The van der Waals surface area contributed by atoms with Crippen molar-refractivity contribution in [3.63, 3.8) is 0 Å². The lowest BCUT2D eigenvalue weighted by atomic mass is 10.0. The summed E-state index contributed by atoms with van der Waals surface area (Å²) < 4.78 is 0. The normalized spacial score (nSPS) is 20.3. The predicted octanol–water partition coefficient (Wildman–Crippen LogP) is 4.16. The summed E-state index contributed by atoms with van der Waals surface area (Å²) in [5, 5.41) is 0. The Morgan fingerprint density at radius 3 is 2.62 bits per heavy atom. The fraction of sp³-hybridized carbons (Fsp3) is 0.684. The number of piperidine rings is 1. The zero-order valence-corrected chi connectivity index (χ0v) is 14.1. The molecule has 0 aliphatic carbocycles. The van der Waals surface area contributed by atoms with Crippen molar-refractivity contribution in [3.8, 4) is 0 Å². The summed E-state index contributed by atoms with van der Waals surface area (Å²) in [7, 11) is 0. The molecule has 1 saturated heterocycles. The first-order valence-corrected chi connectivity index (χ1v) is 8.72. The van der Waals surface area contributed by atoms with Gasteiger partial charge in [-0.25, -0.2) is 0 Å². The van der Waals surface area contributed by atoms with Crippen LogP contribution in [0.2, 0.25) is 0 Å². The first-order valence-electron chi connectivity index (χ1n) is 8.72. The van der Waals surface area contributed by atoms with Crippen LogP contribution in [0.1, 0.15) is 52.0 Å². The summed E-state index contributed by atoms with van der Waals surface area (Å²) in [5.41, 5.74) is 1.43. The van der Waals surface area contributed by atoms with E-state index in [4.69, 9.17) is 0 Å². The lowest BCUT2D eigenvalue weighted by Gasteiger charge is -2.40. The zero-order chi connectivity index (χ0) is 15.1. The van der Waals surface area contributed by atoms with Crippen LogP contribution in [0.15, 0.2) is 30.3 Å². The van der Waals surface area contributed by atoms with Gasteiger partial charge in [0.1, 0.15) is 0 Å². The molecule has 0 radical (unpaired) electrons. The highest BCUT2D eigenvalue weighted by Gasteiger charge is 2.24. The second-order valence-electron chi connectivity index (χ2n) is 6.69. The van der Waals surface area contributed by atoms with Gasteiger partial charge in [-0.05, 0) is 51.8 Å². The molecule has 0 bridgehead atoms. The third kappa shape index (κ3) is 5.12. The number of rotatable bonds is 7. The van der Waals surface area contributed by atoms with Crippen molar-refractivity contribution in [1.82, 2.24) is 9.80 Å². The molecule has 0 spiro atoms. The van der Waals surface area contributed by atoms with E-state index in [1.807, 2.05) is 0 Å². The molecule has 1 aromatic rings. The van der Waals surface area contributed by atoms with Crippen molar-refractivity contribution in [2.24, 2.45) is 0 Å². The van der Waals surface area contributed by atoms with Crippen LogP contribution in [0.4, 0.5) is 0 Å². The molecule has 1 aromatic carbocycles. The summed E-state index contributed by atoms with van der Waals surface area (Å²) in [4.78, 5) is 5.37. The van der Waals surface area contributed by atoms with Gasteiger partial charge in [-0.15, -0.1) is 0 Å². The van der Waals surface area contributed by atoms with Crippen molar-refractivity contribution in [2.45, 2.75) is 65.1 Å². The maximum Gasteiger partial charge on any atom is 0.0237 e. The molecule has 1 aliphatic heterocycles. The number of likely N-dealkylation sites (tertiary alicyclic amines) is 1. The molecule has 0 aromatic heterocycles. The Kier molecular flexibility index (Phi) is 6.72. The average molecular weight is 288 g/mol. The van der Waals surface area contributed by atoms with Gasteiger partial charge in [-0.3, -0.25) is 9.80 Å². The Morgan fingerprint density at radius 2 is 1.95 bits per heavy atom. The fourth-order valence-electron chi connectivity index (χ4n) is 3.39. The third-order valence-corrected chi connectivity index (χ3v) is 4.66. The van der Waals surface area contributed by atoms with Crippen molar-refractivity contribution in [3.05, 3.63) is 35.9 Å². The van der Waals surface area contributed by atoms with Crippen LogP contribution < -0.4 is 0 Å². The summed E-state index contributed by atoms with van der Waals surface area (Å²) >= 11 is 0. The van der Waals surface area contributed by atoms with Gasteiger partial charge in [0.25, 0.3) is 0 Å². The van der Waals surface area contributed by atoms with Gasteiger partial charge in [-0.2, -0.15) is 0 Å². The highest BCUT2D eigenvalue weighted by Crippen LogP contribution is 2.20. The maximum absolute atomic E-state index is 2.73. The van der Waals surface area contributed by atoms with Crippen LogP contribution in [-0.4, -0.2) is 41.5 Å². The Balaban J connectivity index is 1.97. The van der Waals surface area contributed by atoms with Gasteiger partial charge in [-0.1, -0.05) is 43.7 Å². The predicted molar refractivity (Wildman–Crippen MR) is 91.5 cm³/mol. The number of nitrogens with zero attached hydrogens (tertiary/aromatic N) is 2. The second-order valence-corrected chi connectivity index (χ2v) is 6.69. The van der Waals surface area contributed by atoms with Gasteiger partial charge in [0.15, 0.2) is 0 Å². The summed E-state index contributed by atoms with van der Waals surface area (Å²) in [5.74, 6) is 0. The minimum Gasteiger partial charge on any atom is -0.299 e. The van der Waals surface area contributed by atoms with E-state index in [1.54, 1.807) is 0 Å². The van der Waals surface area contributed by atoms with Crippen LogP contribution in [0.3, 0.4) is 0 Å². The molecule has 0 amide bonds. The molecule has 118 valence electrons. The molecule has 2 rings (SSSR count). The Labute approximate surface area is 131 Å². The molecular formula is C19H32N2. The minimum atomic E-state index is 0.607. The molecule has 0 saturated carbocycles. The fourth-order valence-corrected chi connectivity index (χ4v) is 3.39. The molecular weight excluding hydrogens is 256 g/mol. The van der Waals surface area contributed by atoms with E-state index < -0.39 is 0 Å². The molecule has 1 unspecified atom stereocenters.